The summed E-state index contributed by atoms with van der Waals surface area (Å²) in [5.74, 6) is -0.448. The van der Waals surface area contributed by atoms with Gasteiger partial charge in [0.25, 0.3) is 0 Å². The van der Waals surface area contributed by atoms with Crippen LogP contribution in [0.2, 0.25) is 0 Å². The third-order valence-electron chi connectivity index (χ3n) is 2.88. The van der Waals surface area contributed by atoms with E-state index in [0.29, 0.717) is 13.0 Å². The van der Waals surface area contributed by atoms with E-state index < -0.39 is 6.04 Å². The first-order chi connectivity index (χ1) is 7.69. The number of carbonyl (C=O) groups excluding carboxylic acids is 2. The molecular formula is C11H20N2O3. The van der Waals surface area contributed by atoms with Gasteiger partial charge in [0.05, 0.1) is 13.0 Å². The number of methoxy groups -OCH3 is 1. The Balaban J connectivity index is 2.44. The number of hydrogen-bond donors (Lipinski definition) is 2. The van der Waals surface area contributed by atoms with E-state index in [2.05, 4.69) is 15.4 Å². The number of ether oxygens (including phenoxy) is 1. The quantitative estimate of drug-likeness (QED) is 0.667. The number of hydrogen-bond acceptors (Lipinski definition) is 4. The summed E-state index contributed by atoms with van der Waals surface area (Å²) in [5, 5.41) is 5.91. The first kappa shape index (κ1) is 13.0. The van der Waals surface area contributed by atoms with E-state index in [1.165, 1.54) is 7.11 Å². The minimum atomic E-state index is -0.514. The van der Waals surface area contributed by atoms with Crippen LogP contribution >= 0.6 is 0 Å². The van der Waals surface area contributed by atoms with Crippen LogP contribution in [-0.2, 0) is 14.3 Å². The van der Waals surface area contributed by atoms with Gasteiger partial charge in [0.1, 0.15) is 6.04 Å². The Bertz CT molecular complexity index is 250. The fourth-order valence-electron chi connectivity index (χ4n) is 1.84. The summed E-state index contributed by atoms with van der Waals surface area (Å²) < 4.78 is 4.62. The van der Waals surface area contributed by atoms with Crippen molar-refractivity contribution in [3.63, 3.8) is 0 Å². The van der Waals surface area contributed by atoms with Crippen molar-refractivity contribution in [2.45, 2.75) is 32.2 Å². The van der Waals surface area contributed by atoms with Gasteiger partial charge in [0.2, 0.25) is 5.91 Å². The summed E-state index contributed by atoms with van der Waals surface area (Å²) in [5.41, 5.74) is 0. The fraction of sp³-hybridized carbons (Fsp3) is 0.818. The number of esters is 1. The van der Waals surface area contributed by atoms with Gasteiger partial charge in [0, 0.05) is 6.54 Å². The molecule has 1 saturated heterocycles. The lowest BCUT2D eigenvalue weighted by Crippen LogP contribution is -2.47. The van der Waals surface area contributed by atoms with Crippen LogP contribution in [0.25, 0.3) is 0 Å². The molecule has 2 unspecified atom stereocenters. The normalized spacial score (nSPS) is 22.2. The van der Waals surface area contributed by atoms with Crippen LogP contribution in [0.3, 0.4) is 0 Å². The third-order valence-corrected chi connectivity index (χ3v) is 2.88. The number of rotatable bonds is 4. The van der Waals surface area contributed by atoms with Crippen LogP contribution in [0.5, 0.6) is 0 Å². The molecule has 0 aromatic rings. The lowest BCUT2D eigenvalue weighted by molar-refractivity contribution is -0.145. The Hall–Kier alpha value is -1.10. The highest BCUT2D eigenvalue weighted by Gasteiger charge is 2.25. The second kappa shape index (κ2) is 6.48. The van der Waals surface area contributed by atoms with Gasteiger partial charge in [-0.3, -0.25) is 4.79 Å². The number of carbonyl (C=O) groups is 2. The SMILES string of the molecule is CCC(NC(=O)C1CCCNC1)C(=O)OC. The zero-order chi connectivity index (χ0) is 12.0. The lowest BCUT2D eigenvalue weighted by atomic mass is 9.98. The molecule has 1 fully saturated rings. The number of nitrogens with one attached hydrogen (secondary N) is 2. The highest BCUT2D eigenvalue weighted by atomic mass is 16.5. The van der Waals surface area contributed by atoms with Gasteiger partial charge in [-0.2, -0.15) is 0 Å². The molecule has 0 bridgehead atoms. The molecule has 5 nitrogen and oxygen atoms in total. The maximum absolute atomic E-state index is 11.8. The van der Waals surface area contributed by atoms with Crippen molar-refractivity contribution in [1.29, 1.82) is 0 Å². The third kappa shape index (κ3) is 3.48. The number of amides is 1. The first-order valence-electron chi connectivity index (χ1n) is 5.78. The van der Waals surface area contributed by atoms with Gasteiger partial charge in [-0.1, -0.05) is 6.92 Å². The van der Waals surface area contributed by atoms with E-state index in [9.17, 15) is 9.59 Å². The molecule has 1 aliphatic rings. The molecule has 2 N–H and O–H groups in total. The molecule has 0 radical (unpaired) electrons. The summed E-state index contributed by atoms with van der Waals surface area (Å²) in [4.78, 5) is 23.1. The summed E-state index contributed by atoms with van der Waals surface area (Å²) in [6, 6.07) is -0.514. The van der Waals surface area contributed by atoms with E-state index in [1.54, 1.807) is 0 Å². The summed E-state index contributed by atoms with van der Waals surface area (Å²) in [6.45, 7) is 3.52. The summed E-state index contributed by atoms with van der Waals surface area (Å²) in [7, 11) is 1.33. The molecule has 0 spiro atoms. The Kier molecular flexibility index (Phi) is 5.25. The number of piperidine rings is 1. The largest absolute Gasteiger partial charge is 0.467 e. The van der Waals surface area contributed by atoms with Gasteiger partial charge in [-0.05, 0) is 25.8 Å². The molecule has 5 heteroatoms. The van der Waals surface area contributed by atoms with Gasteiger partial charge >= 0.3 is 5.97 Å². The van der Waals surface area contributed by atoms with Crippen LogP contribution < -0.4 is 10.6 Å². The molecule has 16 heavy (non-hydrogen) atoms. The molecule has 1 aliphatic heterocycles. The van der Waals surface area contributed by atoms with Crippen molar-refractivity contribution < 1.29 is 14.3 Å². The molecule has 2 atom stereocenters. The Morgan fingerprint density at radius 2 is 2.31 bits per heavy atom. The molecule has 1 rings (SSSR count). The minimum Gasteiger partial charge on any atom is -0.467 e. The zero-order valence-corrected chi connectivity index (χ0v) is 9.91. The van der Waals surface area contributed by atoms with E-state index in [4.69, 9.17) is 0 Å². The maximum atomic E-state index is 11.8. The second-order valence-corrected chi connectivity index (χ2v) is 4.04. The standard InChI is InChI=1S/C11H20N2O3/c1-3-9(11(15)16-2)13-10(14)8-5-4-6-12-7-8/h8-9,12H,3-7H2,1-2H3,(H,13,14). The van der Waals surface area contributed by atoms with Crippen LogP contribution in [0.4, 0.5) is 0 Å². The molecule has 0 aromatic heterocycles. The van der Waals surface area contributed by atoms with Crippen molar-refractivity contribution in [1.82, 2.24) is 10.6 Å². The van der Waals surface area contributed by atoms with Crippen molar-refractivity contribution >= 4 is 11.9 Å². The van der Waals surface area contributed by atoms with Crippen LogP contribution in [0.1, 0.15) is 26.2 Å². The summed E-state index contributed by atoms with van der Waals surface area (Å²) >= 11 is 0. The van der Waals surface area contributed by atoms with Gasteiger partial charge in [-0.15, -0.1) is 0 Å². The monoisotopic (exact) mass is 228 g/mol. The highest BCUT2D eigenvalue weighted by Crippen LogP contribution is 2.10. The maximum Gasteiger partial charge on any atom is 0.328 e. The second-order valence-electron chi connectivity index (χ2n) is 4.04. The average molecular weight is 228 g/mol. The molecule has 92 valence electrons. The summed E-state index contributed by atoms with van der Waals surface area (Å²) in [6.07, 6.45) is 2.45. The highest BCUT2D eigenvalue weighted by molar-refractivity contribution is 5.85. The van der Waals surface area contributed by atoms with Crippen molar-refractivity contribution in [3.8, 4) is 0 Å². The molecule has 0 aromatic carbocycles. The van der Waals surface area contributed by atoms with E-state index in [1.807, 2.05) is 6.92 Å². The smallest absolute Gasteiger partial charge is 0.328 e. The van der Waals surface area contributed by atoms with E-state index >= 15 is 0 Å². The fourth-order valence-corrected chi connectivity index (χ4v) is 1.84. The van der Waals surface area contributed by atoms with Gasteiger partial charge < -0.3 is 15.4 Å². The van der Waals surface area contributed by atoms with Crippen molar-refractivity contribution in [3.05, 3.63) is 0 Å². The van der Waals surface area contributed by atoms with E-state index in [0.717, 1.165) is 19.4 Å². The average Bonchev–Trinajstić information content (AvgIpc) is 2.35. The molecule has 1 amide bonds. The minimum absolute atomic E-state index is 0.0209. The van der Waals surface area contributed by atoms with E-state index in [-0.39, 0.29) is 17.8 Å². The van der Waals surface area contributed by atoms with Gasteiger partial charge in [-0.25, -0.2) is 4.79 Å². The van der Waals surface area contributed by atoms with Crippen LogP contribution in [0.15, 0.2) is 0 Å². The molecular weight excluding hydrogens is 208 g/mol. The van der Waals surface area contributed by atoms with Crippen molar-refractivity contribution in [2.24, 2.45) is 5.92 Å². The molecule has 0 saturated carbocycles. The first-order valence-corrected chi connectivity index (χ1v) is 5.78. The zero-order valence-electron chi connectivity index (χ0n) is 9.91. The van der Waals surface area contributed by atoms with Crippen molar-refractivity contribution in [2.75, 3.05) is 20.2 Å². The Morgan fingerprint density at radius 3 is 2.81 bits per heavy atom. The predicted octanol–water partition coefficient (Wildman–Crippen LogP) is 0.0538. The van der Waals surface area contributed by atoms with Gasteiger partial charge in [0.15, 0.2) is 0 Å². The Morgan fingerprint density at radius 1 is 1.56 bits per heavy atom. The molecule has 1 heterocycles. The van der Waals surface area contributed by atoms with Crippen LogP contribution in [-0.4, -0.2) is 38.1 Å². The Labute approximate surface area is 95.9 Å². The predicted molar refractivity (Wildman–Crippen MR) is 59.8 cm³/mol. The molecule has 0 aliphatic carbocycles. The lowest BCUT2D eigenvalue weighted by Gasteiger charge is -2.24. The topological polar surface area (TPSA) is 67.4 Å². The van der Waals surface area contributed by atoms with Crippen LogP contribution in [0, 0.1) is 5.92 Å².